The number of ketones is 1. The van der Waals surface area contributed by atoms with Crippen LogP contribution in [0.4, 0.5) is 0 Å². The summed E-state index contributed by atoms with van der Waals surface area (Å²) < 4.78 is 0. The van der Waals surface area contributed by atoms with E-state index >= 15 is 0 Å². The van der Waals surface area contributed by atoms with E-state index in [2.05, 4.69) is 89.2 Å². The maximum absolute atomic E-state index is 12.7. The lowest BCUT2D eigenvalue weighted by Gasteiger charge is -2.62. The summed E-state index contributed by atoms with van der Waals surface area (Å²) in [7, 11) is 0. The third-order valence-electron chi connectivity index (χ3n) is 51.0. The first-order valence-corrected chi connectivity index (χ1v) is 58.6. The minimum atomic E-state index is -0.0634. The molecule has 36 atom stereocenters. The molecular formula is C129H226O2. The minimum Gasteiger partial charge on any atom is -0.508 e. The summed E-state index contributed by atoms with van der Waals surface area (Å²) in [6, 6.07) is 5.94. The average molecular weight is 1810 g/mol. The Morgan fingerprint density at radius 3 is 1.43 bits per heavy atom. The Labute approximate surface area is 817 Å². The van der Waals surface area contributed by atoms with Gasteiger partial charge in [-0.05, 0) is 528 Å². The monoisotopic (exact) mass is 1810 g/mol. The summed E-state index contributed by atoms with van der Waals surface area (Å²) in [4.78, 5) is 12.7. The lowest BCUT2D eigenvalue weighted by Crippen LogP contribution is -2.54. The maximum Gasteiger partial charge on any atom is 0.139 e. The number of rotatable bonds is 2. The van der Waals surface area contributed by atoms with Crippen LogP contribution in [-0.4, -0.2) is 10.9 Å². The van der Waals surface area contributed by atoms with Crippen LogP contribution in [0.5, 0.6) is 5.75 Å². The Hall–Kier alpha value is -1.31. The fourth-order valence-corrected chi connectivity index (χ4v) is 43.4. The molecule has 22 saturated carbocycles. The van der Waals surface area contributed by atoms with Gasteiger partial charge in [0, 0.05) is 11.8 Å². The van der Waals surface area contributed by atoms with Crippen molar-refractivity contribution in [1.29, 1.82) is 0 Å². The fourth-order valence-electron chi connectivity index (χ4n) is 43.4. The van der Waals surface area contributed by atoms with Crippen molar-refractivity contribution in [2.24, 2.45) is 202 Å². The molecule has 0 amide bonds. The van der Waals surface area contributed by atoms with Crippen LogP contribution in [0.25, 0.3) is 0 Å². The van der Waals surface area contributed by atoms with E-state index in [9.17, 15) is 9.90 Å². The van der Waals surface area contributed by atoms with Crippen molar-refractivity contribution in [1.82, 2.24) is 0 Å². The number of aryl methyl sites for hydroxylation is 1. The molecule has 0 heterocycles. The number of carbonyl (C=O) groups excluding carboxylic acids is 1. The van der Waals surface area contributed by atoms with Crippen LogP contribution in [-0.2, 0) is 11.2 Å². The molecule has 1 aromatic carbocycles. The lowest BCUT2D eigenvalue weighted by atomic mass is 9.42. The molecule has 1 N–H and O–H groups in total. The summed E-state index contributed by atoms with van der Waals surface area (Å²) in [6.07, 6.45) is 102. The number of fused-ring (bicyclic) bond motifs is 29. The molecule has 24 rings (SSSR count). The first-order chi connectivity index (χ1) is 60.3. The van der Waals surface area contributed by atoms with Crippen LogP contribution in [0, 0.1) is 202 Å². The second-order valence-corrected chi connectivity index (χ2v) is 55.6. The largest absolute Gasteiger partial charge is 0.508 e. The highest BCUT2D eigenvalue weighted by molar-refractivity contribution is 5.85. The van der Waals surface area contributed by atoms with Crippen LogP contribution in [0.15, 0.2) is 18.2 Å². The van der Waals surface area contributed by atoms with Crippen molar-refractivity contribution in [3.05, 3.63) is 29.3 Å². The number of phenolic OH excluding ortho intramolecular Hbond substituents is 1. The summed E-state index contributed by atoms with van der Waals surface area (Å²) in [5, 5.41) is 9.74. The summed E-state index contributed by atoms with van der Waals surface area (Å²) in [5.41, 5.74) is 9.28. The van der Waals surface area contributed by atoms with Crippen LogP contribution in [0.1, 0.15) is 575 Å². The van der Waals surface area contributed by atoms with Gasteiger partial charge >= 0.3 is 0 Å². The van der Waals surface area contributed by atoms with Crippen molar-refractivity contribution >= 4 is 5.78 Å². The van der Waals surface area contributed by atoms with Crippen molar-refractivity contribution in [2.75, 3.05) is 0 Å². The van der Waals surface area contributed by atoms with Gasteiger partial charge in [-0.2, -0.15) is 0 Å². The highest BCUT2D eigenvalue weighted by Crippen LogP contribution is 2.72. The lowest BCUT2D eigenvalue weighted by molar-refractivity contribution is -0.135. The van der Waals surface area contributed by atoms with Gasteiger partial charge in [0.1, 0.15) is 11.5 Å². The molecular weight excluding hydrogens is 1580 g/mol. The standard InChI is InChI=1S/C22H38.C21H36.C20H26O2.3C20H34.6CH4/c1-4-16-8-11-19-18-10-9-17-7-5-6-13-22(17,3)20(18)12-14-21(19,2)15-16;1-3-18-9-11-20-19-10-8-15-6-4-5-7-16(15)14-17(19)12-13-21(18,20)2;1-20-11-10-16-15-9-7-14(21)12-13(15)6-8-17(16)18(20)4-2-3-5-19(20)22;1-19-11-5-7-18(19)15-8-9-16-6-3-4-12-20(16,2)17(14-15)10-13-19;1-19-11-5-7-17(19)14-15-8-9-16-6-3-4-12-20(16,2)18(15)10-13-19;1-19-12-6-8-17(19)16-10-9-15-7-4-3-5-13-20(15,2)18(16)11-14-19;;;;;;/h16-20H,4-15H2,1-3H3;15-20H,3-14H2,1-2H3;7,9,12,16-18,21H,2-6,8,10-11H2,1H3;3*15-18H,3-14H2,1-2H3;6*1H4/t16-,17+,18-,19-,20-,21+,22-;15-,16+,17-,18+,19-,20+,21-;16?,17?,18?,20-;15-,16-,17+,18+,19+,20+;15-,16+,17-,18-,19-,20-;15-,16?,17?,18?,19+,20+;;;;;;/m010101....../s1. The number of benzene rings is 1. The number of phenols is 1. The van der Waals surface area contributed by atoms with Crippen molar-refractivity contribution in [2.45, 2.75) is 570 Å². The zero-order valence-corrected chi connectivity index (χ0v) is 84.7. The first-order valence-electron chi connectivity index (χ1n) is 58.6. The summed E-state index contributed by atoms with van der Waals surface area (Å²) in [6.45, 7) is 31.3. The topological polar surface area (TPSA) is 37.3 Å². The molecule has 2 bridgehead atoms. The Bertz CT molecular complexity index is 3720. The SMILES string of the molecule is C.C.C.C.C.C.CC[C@H]1CC[C@H]2[C@@H]3CC[C@H]4CCCC[C@H]4C[C@H]3CC[C@]12C.CC[C@H]1CC[C@H]2[C@@H]3CC[C@H]4CCCC[C@]4(C)[C@H]3CC[C@]2(C)C1.C[C@@]12CCCC1C1CC[C@H]3CCCCC[C@]3(C)C1CC2.C[C@@]12CCC[C@H]1C[C@@H]1CC[C@H]3CCCC[C@]3(C)[C@H]1CC2.C[C@@]12CCC[C@H]1[C@@H]1CC[C@H]3CCCC[C@]3(C)[C@@H](CC2)C1.C[C@]12CCC3c4ccc(O)cc4CCC3C1CCCCC2=O. The van der Waals surface area contributed by atoms with Gasteiger partial charge in [-0.15, -0.1) is 0 Å². The van der Waals surface area contributed by atoms with Crippen LogP contribution in [0.2, 0.25) is 0 Å². The second kappa shape index (κ2) is 43.5. The number of aromatic hydroxyl groups is 1. The third-order valence-corrected chi connectivity index (χ3v) is 51.0. The molecule has 0 aromatic heterocycles. The van der Waals surface area contributed by atoms with Gasteiger partial charge in [-0.3, -0.25) is 4.79 Å². The van der Waals surface area contributed by atoms with E-state index in [1.165, 1.54) is 140 Å². The van der Waals surface area contributed by atoms with Gasteiger partial charge in [0.25, 0.3) is 0 Å². The Morgan fingerprint density at radius 2 is 0.763 bits per heavy atom. The molecule has 0 spiro atoms. The second-order valence-electron chi connectivity index (χ2n) is 55.6. The number of hydrogen-bond donors (Lipinski definition) is 1. The maximum atomic E-state index is 12.7. The van der Waals surface area contributed by atoms with Crippen LogP contribution < -0.4 is 0 Å². The van der Waals surface area contributed by atoms with Gasteiger partial charge in [0.05, 0.1) is 0 Å². The van der Waals surface area contributed by atoms with Crippen molar-refractivity contribution < 1.29 is 9.90 Å². The van der Waals surface area contributed by atoms with E-state index in [0.717, 1.165) is 212 Å². The molecule has 1 aromatic rings. The number of hydrogen-bond acceptors (Lipinski definition) is 2. The third kappa shape index (κ3) is 20.1. The van der Waals surface area contributed by atoms with E-state index in [4.69, 9.17) is 0 Å². The van der Waals surface area contributed by atoms with Crippen LogP contribution in [0.3, 0.4) is 0 Å². The predicted molar refractivity (Wildman–Crippen MR) is 569 cm³/mol. The van der Waals surface area contributed by atoms with Gasteiger partial charge in [-0.1, -0.05) is 262 Å². The van der Waals surface area contributed by atoms with E-state index in [1.54, 1.807) is 276 Å². The summed E-state index contributed by atoms with van der Waals surface area (Å²) in [5.74, 6) is 27.9. The highest BCUT2D eigenvalue weighted by Gasteiger charge is 2.63. The normalized spacial score (nSPS) is 49.5. The highest BCUT2D eigenvalue weighted by atomic mass is 16.3. The first kappa shape index (κ1) is 107. The van der Waals surface area contributed by atoms with E-state index in [-0.39, 0.29) is 50.0 Å². The van der Waals surface area contributed by atoms with Crippen LogP contribution >= 0.6 is 0 Å². The number of Topliss-reactive ketones (excluding diaryl/α,β-unsaturated/α-hetero) is 1. The number of carbonyl (C=O) groups is 1. The van der Waals surface area contributed by atoms with Crippen molar-refractivity contribution in [3.63, 3.8) is 0 Å². The molecule has 23 aliphatic carbocycles. The zero-order chi connectivity index (χ0) is 86.5. The van der Waals surface area contributed by atoms with Gasteiger partial charge in [-0.25, -0.2) is 0 Å². The van der Waals surface area contributed by atoms with Gasteiger partial charge in [0.2, 0.25) is 0 Å². The molecule has 6 unspecified atom stereocenters. The predicted octanol–water partition coefficient (Wildman–Crippen LogP) is 40.3. The van der Waals surface area contributed by atoms with Gasteiger partial charge in [0.15, 0.2) is 0 Å². The Morgan fingerprint density at radius 1 is 0.282 bits per heavy atom. The molecule has 0 saturated heterocycles. The molecule has 131 heavy (non-hydrogen) atoms. The average Bonchev–Trinajstić information content (AvgIpc) is 0.902. The smallest absolute Gasteiger partial charge is 0.139 e. The summed E-state index contributed by atoms with van der Waals surface area (Å²) >= 11 is 0. The van der Waals surface area contributed by atoms with Crippen molar-refractivity contribution in [3.8, 4) is 5.75 Å². The Balaban J connectivity index is 0.000000133. The zero-order valence-electron chi connectivity index (χ0n) is 84.7. The van der Waals surface area contributed by atoms with E-state index in [1.807, 2.05) is 12.1 Å². The minimum absolute atomic E-state index is 0. The Kier molecular flexibility index (Phi) is 35.5. The molecule has 0 aliphatic heterocycles. The molecule has 22 fully saturated rings. The molecule has 2 heteroatoms. The molecule has 754 valence electrons. The molecule has 23 aliphatic rings. The fraction of sp³-hybridized carbons (Fsp3) is 0.946. The van der Waals surface area contributed by atoms with E-state index < -0.39 is 0 Å². The van der Waals surface area contributed by atoms with Gasteiger partial charge < -0.3 is 5.11 Å². The quantitative estimate of drug-likeness (QED) is 0.320. The molecule has 0 radical (unpaired) electrons. The van der Waals surface area contributed by atoms with E-state index in [0.29, 0.717) is 34.7 Å². The molecule has 2 nitrogen and oxygen atoms in total.